The number of rotatable bonds is 12. The standard InChI is InChI=1S/C42H54O4/c1-24-13-18-40(33(10)30(24)7)44-27(4)21-36-16-17-39(43)38(23-29(6)46-42-20-15-26(3)32(9)35(42)12)37(36)22-28(5)45-41-19-14-25(2)31(8)34(41)11/h13-20,27-29,43H,21-23H2,1-12H3. The van der Waals surface area contributed by atoms with Crippen molar-refractivity contribution in [1.82, 2.24) is 0 Å². The molecular weight excluding hydrogens is 568 g/mol. The number of hydrogen-bond acceptors (Lipinski definition) is 4. The minimum absolute atomic E-state index is 0.0676. The van der Waals surface area contributed by atoms with E-state index in [4.69, 9.17) is 14.2 Å². The Bertz CT molecular complexity index is 1700. The summed E-state index contributed by atoms with van der Waals surface area (Å²) in [7, 11) is 0. The molecule has 4 rings (SSSR count). The fraction of sp³-hybridized carbons (Fsp3) is 0.429. The Morgan fingerprint density at radius 3 is 1.17 bits per heavy atom. The molecule has 0 aliphatic rings. The Morgan fingerprint density at radius 1 is 0.435 bits per heavy atom. The van der Waals surface area contributed by atoms with E-state index in [1.165, 1.54) is 44.5 Å². The zero-order chi connectivity index (χ0) is 33.9. The van der Waals surface area contributed by atoms with Gasteiger partial charge >= 0.3 is 0 Å². The summed E-state index contributed by atoms with van der Waals surface area (Å²) in [5, 5.41) is 11.3. The van der Waals surface area contributed by atoms with E-state index < -0.39 is 0 Å². The van der Waals surface area contributed by atoms with Gasteiger partial charge in [-0.25, -0.2) is 0 Å². The Balaban J connectivity index is 1.66. The third-order valence-corrected chi connectivity index (χ3v) is 10.0. The Labute approximate surface area is 277 Å². The summed E-state index contributed by atoms with van der Waals surface area (Å²) >= 11 is 0. The van der Waals surface area contributed by atoms with Gasteiger partial charge in [-0.15, -0.1) is 0 Å². The minimum Gasteiger partial charge on any atom is -0.508 e. The van der Waals surface area contributed by atoms with Crippen molar-refractivity contribution >= 4 is 0 Å². The number of benzene rings is 4. The smallest absolute Gasteiger partial charge is 0.122 e. The molecule has 0 bridgehead atoms. The lowest BCUT2D eigenvalue weighted by Gasteiger charge is -2.25. The average Bonchev–Trinajstić information content (AvgIpc) is 3.01. The lowest BCUT2D eigenvalue weighted by atomic mass is 9.89. The highest BCUT2D eigenvalue weighted by molar-refractivity contribution is 5.48. The van der Waals surface area contributed by atoms with E-state index in [0.29, 0.717) is 25.0 Å². The molecule has 0 fully saturated rings. The molecule has 0 spiro atoms. The predicted molar refractivity (Wildman–Crippen MR) is 191 cm³/mol. The Kier molecular flexibility index (Phi) is 11.1. The topological polar surface area (TPSA) is 47.9 Å². The number of phenols is 1. The van der Waals surface area contributed by atoms with Gasteiger partial charge in [-0.2, -0.15) is 0 Å². The number of phenolic OH excluding ortho intramolecular Hbond substituents is 1. The van der Waals surface area contributed by atoms with Crippen LogP contribution in [0.3, 0.4) is 0 Å². The fourth-order valence-electron chi connectivity index (χ4n) is 6.24. The Hall–Kier alpha value is -3.92. The largest absolute Gasteiger partial charge is 0.508 e. The van der Waals surface area contributed by atoms with Crippen molar-refractivity contribution in [2.75, 3.05) is 0 Å². The second-order valence-corrected chi connectivity index (χ2v) is 13.5. The Morgan fingerprint density at radius 2 is 0.783 bits per heavy atom. The van der Waals surface area contributed by atoms with Crippen molar-refractivity contribution in [3.8, 4) is 23.0 Å². The van der Waals surface area contributed by atoms with Crippen LogP contribution < -0.4 is 14.2 Å². The zero-order valence-electron chi connectivity index (χ0n) is 30.1. The molecule has 246 valence electrons. The summed E-state index contributed by atoms with van der Waals surface area (Å²) in [6.45, 7) is 25.5. The van der Waals surface area contributed by atoms with Gasteiger partial charge < -0.3 is 19.3 Å². The van der Waals surface area contributed by atoms with E-state index in [1.807, 2.05) is 12.1 Å². The summed E-state index contributed by atoms with van der Waals surface area (Å²) in [5.74, 6) is 3.01. The van der Waals surface area contributed by atoms with Gasteiger partial charge in [0.2, 0.25) is 0 Å². The number of aromatic hydroxyl groups is 1. The first-order valence-corrected chi connectivity index (χ1v) is 16.7. The van der Waals surface area contributed by atoms with Crippen molar-refractivity contribution in [2.45, 2.75) is 121 Å². The van der Waals surface area contributed by atoms with Gasteiger partial charge in [0.1, 0.15) is 29.1 Å². The summed E-state index contributed by atoms with van der Waals surface area (Å²) in [6, 6.07) is 16.4. The van der Waals surface area contributed by atoms with Crippen LogP contribution in [0.4, 0.5) is 0 Å². The van der Waals surface area contributed by atoms with Gasteiger partial charge in [0.05, 0.1) is 12.2 Å². The number of aryl methyl sites for hydroxylation is 3. The molecule has 46 heavy (non-hydrogen) atoms. The summed E-state index contributed by atoms with van der Waals surface area (Å²) < 4.78 is 19.6. The third kappa shape index (κ3) is 7.89. The van der Waals surface area contributed by atoms with Crippen LogP contribution in [0.5, 0.6) is 23.0 Å². The SMILES string of the molecule is Cc1ccc(OC(C)Cc2ccc(O)c(CC(C)Oc3ccc(C)c(C)c3C)c2CC(C)Oc2ccc(C)c(C)c2C)c(C)c1C. The maximum Gasteiger partial charge on any atom is 0.122 e. The molecule has 3 atom stereocenters. The first-order valence-electron chi connectivity index (χ1n) is 16.7. The first kappa shape index (κ1) is 34.9. The molecule has 4 nitrogen and oxygen atoms in total. The van der Waals surface area contributed by atoms with Crippen LogP contribution in [0.1, 0.15) is 87.5 Å². The summed E-state index contributed by atoms with van der Waals surface area (Å²) in [4.78, 5) is 0. The number of ether oxygens (including phenoxy) is 3. The van der Waals surface area contributed by atoms with Gasteiger partial charge in [0, 0.05) is 24.8 Å². The molecule has 0 saturated carbocycles. The van der Waals surface area contributed by atoms with Gasteiger partial charge in [0.15, 0.2) is 0 Å². The fourth-order valence-corrected chi connectivity index (χ4v) is 6.24. The lowest BCUT2D eigenvalue weighted by molar-refractivity contribution is 0.209. The lowest BCUT2D eigenvalue weighted by Crippen LogP contribution is -2.23. The van der Waals surface area contributed by atoms with Gasteiger partial charge in [-0.3, -0.25) is 0 Å². The first-order chi connectivity index (χ1) is 21.7. The normalized spacial score (nSPS) is 13.3. The molecule has 3 unspecified atom stereocenters. The molecule has 0 amide bonds. The highest BCUT2D eigenvalue weighted by atomic mass is 16.5. The van der Waals surface area contributed by atoms with Crippen LogP contribution in [0.25, 0.3) is 0 Å². The van der Waals surface area contributed by atoms with Crippen LogP contribution in [0.2, 0.25) is 0 Å². The predicted octanol–water partition coefficient (Wildman–Crippen LogP) is 10.2. The van der Waals surface area contributed by atoms with E-state index in [9.17, 15) is 5.11 Å². The molecule has 0 radical (unpaired) electrons. The molecular formula is C42H54O4. The second kappa shape index (κ2) is 14.7. The van der Waals surface area contributed by atoms with Crippen molar-refractivity contribution < 1.29 is 19.3 Å². The maximum atomic E-state index is 11.3. The monoisotopic (exact) mass is 622 g/mol. The van der Waals surface area contributed by atoms with Crippen LogP contribution in [-0.4, -0.2) is 23.4 Å². The highest BCUT2D eigenvalue weighted by Crippen LogP contribution is 2.33. The van der Waals surface area contributed by atoms with Crippen molar-refractivity contribution in [1.29, 1.82) is 0 Å². The van der Waals surface area contributed by atoms with Gasteiger partial charge in [0.25, 0.3) is 0 Å². The van der Waals surface area contributed by atoms with E-state index in [-0.39, 0.29) is 18.3 Å². The van der Waals surface area contributed by atoms with Gasteiger partial charge in [-0.05, 0) is 169 Å². The molecule has 0 saturated heterocycles. The van der Waals surface area contributed by atoms with E-state index >= 15 is 0 Å². The molecule has 0 aliphatic heterocycles. The van der Waals surface area contributed by atoms with E-state index in [1.54, 1.807) is 0 Å². The van der Waals surface area contributed by atoms with Crippen LogP contribution in [0.15, 0.2) is 48.5 Å². The quantitative estimate of drug-likeness (QED) is 0.171. The molecule has 1 N–H and O–H groups in total. The van der Waals surface area contributed by atoms with E-state index in [2.05, 4.69) is 119 Å². The minimum atomic E-state index is -0.147. The molecule has 4 heteroatoms. The van der Waals surface area contributed by atoms with Crippen LogP contribution >= 0.6 is 0 Å². The summed E-state index contributed by atoms with van der Waals surface area (Å²) in [5.41, 5.74) is 14.2. The second-order valence-electron chi connectivity index (χ2n) is 13.5. The van der Waals surface area contributed by atoms with E-state index in [0.717, 1.165) is 39.5 Å². The van der Waals surface area contributed by atoms with Gasteiger partial charge in [-0.1, -0.05) is 24.3 Å². The molecule has 4 aromatic rings. The molecule has 0 heterocycles. The van der Waals surface area contributed by atoms with Crippen molar-refractivity contribution in [3.05, 3.63) is 115 Å². The molecule has 0 aliphatic carbocycles. The van der Waals surface area contributed by atoms with Crippen molar-refractivity contribution in [3.63, 3.8) is 0 Å². The third-order valence-electron chi connectivity index (χ3n) is 10.0. The average molecular weight is 623 g/mol. The highest BCUT2D eigenvalue weighted by Gasteiger charge is 2.22. The number of hydrogen-bond donors (Lipinski definition) is 1. The van der Waals surface area contributed by atoms with Crippen molar-refractivity contribution in [2.24, 2.45) is 0 Å². The zero-order valence-corrected chi connectivity index (χ0v) is 30.1. The molecule has 0 aromatic heterocycles. The van der Waals surface area contributed by atoms with Crippen LogP contribution in [0, 0.1) is 62.3 Å². The van der Waals surface area contributed by atoms with Crippen LogP contribution in [-0.2, 0) is 19.3 Å². The molecule has 4 aromatic carbocycles. The summed E-state index contributed by atoms with van der Waals surface area (Å²) in [6.07, 6.45) is 1.60. The maximum absolute atomic E-state index is 11.3.